The molecule has 0 amide bonds. The average molecular weight is 221 g/mol. The number of aryl methyl sites for hydroxylation is 1. The lowest BCUT2D eigenvalue weighted by atomic mass is 10.2. The number of hydrogen-bond donors (Lipinski definition) is 2. The van der Waals surface area contributed by atoms with Gasteiger partial charge in [-0.3, -0.25) is 5.10 Å². The van der Waals surface area contributed by atoms with Crippen LogP contribution in [0, 0.1) is 6.92 Å². The van der Waals surface area contributed by atoms with Crippen LogP contribution in [0.15, 0.2) is 24.4 Å². The van der Waals surface area contributed by atoms with Gasteiger partial charge in [0.2, 0.25) is 0 Å². The fraction of sp³-hybridized carbons (Fsp3) is 0.364. The summed E-state index contributed by atoms with van der Waals surface area (Å²) in [5.41, 5.74) is 1.13. The summed E-state index contributed by atoms with van der Waals surface area (Å²) in [6.07, 6.45) is 1.78. The van der Waals surface area contributed by atoms with Crippen molar-refractivity contribution < 1.29 is 0 Å². The van der Waals surface area contributed by atoms with E-state index in [-0.39, 0.29) is 0 Å². The van der Waals surface area contributed by atoms with Crippen LogP contribution in [0.1, 0.15) is 28.4 Å². The van der Waals surface area contributed by atoms with E-state index in [9.17, 15) is 0 Å². The van der Waals surface area contributed by atoms with E-state index in [2.05, 4.69) is 41.5 Å². The lowest BCUT2D eigenvalue weighted by Crippen LogP contribution is -2.17. The molecule has 0 saturated heterocycles. The molecule has 0 aliphatic rings. The van der Waals surface area contributed by atoms with Gasteiger partial charge in [-0.1, -0.05) is 0 Å². The van der Waals surface area contributed by atoms with Gasteiger partial charge in [0.1, 0.15) is 0 Å². The van der Waals surface area contributed by atoms with Crippen LogP contribution in [0.4, 0.5) is 0 Å². The topological polar surface area (TPSA) is 40.7 Å². The number of thiophene rings is 1. The molecule has 1 atom stereocenters. The number of aromatic nitrogens is 2. The maximum atomic E-state index is 3.94. The van der Waals surface area contributed by atoms with E-state index in [0.717, 1.165) is 12.2 Å². The summed E-state index contributed by atoms with van der Waals surface area (Å²) in [5.74, 6) is 0. The number of nitrogens with zero attached hydrogens (tertiary/aromatic N) is 1. The van der Waals surface area contributed by atoms with Gasteiger partial charge >= 0.3 is 0 Å². The Kier molecular flexibility index (Phi) is 3.18. The number of nitrogens with one attached hydrogen (secondary N) is 2. The number of aromatic amines is 1. The Bertz CT molecular complexity index is 405. The SMILES string of the molecule is Cc1ccc(CNC(C)c2ccn[nH]2)s1. The van der Waals surface area contributed by atoms with Crippen molar-refractivity contribution >= 4 is 11.3 Å². The second-order valence-electron chi connectivity index (χ2n) is 3.63. The first-order valence-corrected chi connectivity index (χ1v) is 5.85. The third kappa shape index (κ3) is 2.67. The maximum Gasteiger partial charge on any atom is 0.0518 e. The monoisotopic (exact) mass is 221 g/mol. The molecule has 0 bridgehead atoms. The van der Waals surface area contributed by atoms with Crippen LogP contribution in [-0.2, 0) is 6.54 Å². The van der Waals surface area contributed by atoms with Crippen LogP contribution in [0.25, 0.3) is 0 Å². The largest absolute Gasteiger partial charge is 0.304 e. The second-order valence-corrected chi connectivity index (χ2v) is 5.00. The zero-order chi connectivity index (χ0) is 10.7. The molecule has 2 rings (SSSR count). The molecular weight excluding hydrogens is 206 g/mol. The van der Waals surface area contributed by atoms with Gasteiger partial charge in [0.15, 0.2) is 0 Å². The van der Waals surface area contributed by atoms with Gasteiger partial charge in [-0.05, 0) is 32.0 Å². The molecular formula is C11H15N3S. The van der Waals surface area contributed by atoms with Crippen molar-refractivity contribution in [2.75, 3.05) is 0 Å². The fourth-order valence-electron chi connectivity index (χ4n) is 1.45. The van der Waals surface area contributed by atoms with E-state index < -0.39 is 0 Å². The first-order chi connectivity index (χ1) is 7.25. The van der Waals surface area contributed by atoms with Gasteiger partial charge in [0.05, 0.1) is 5.69 Å². The fourth-order valence-corrected chi connectivity index (χ4v) is 2.29. The summed E-state index contributed by atoms with van der Waals surface area (Å²) < 4.78 is 0. The smallest absolute Gasteiger partial charge is 0.0518 e. The molecule has 0 aromatic carbocycles. The van der Waals surface area contributed by atoms with E-state index in [0.29, 0.717) is 6.04 Å². The van der Waals surface area contributed by atoms with Crippen molar-refractivity contribution in [3.05, 3.63) is 39.8 Å². The van der Waals surface area contributed by atoms with Crippen molar-refractivity contribution in [2.45, 2.75) is 26.4 Å². The van der Waals surface area contributed by atoms with Gasteiger partial charge < -0.3 is 5.32 Å². The lowest BCUT2D eigenvalue weighted by Gasteiger charge is -2.10. The third-order valence-electron chi connectivity index (χ3n) is 2.37. The number of rotatable bonds is 4. The van der Waals surface area contributed by atoms with Crippen molar-refractivity contribution in [2.24, 2.45) is 0 Å². The Balaban J connectivity index is 1.88. The second kappa shape index (κ2) is 4.59. The van der Waals surface area contributed by atoms with E-state index in [1.807, 2.05) is 17.4 Å². The predicted molar refractivity (Wildman–Crippen MR) is 62.9 cm³/mol. The molecule has 0 radical (unpaired) electrons. The van der Waals surface area contributed by atoms with Crippen LogP contribution in [-0.4, -0.2) is 10.2 Å². The van der Waals surface area contributed by atoms with E-state index in [4.69, 9.17) is 0 Å². The van der Waals surface area contributed by atoms with Gasteiger partial charge in [-0.25, -0.2) is 0 Å². The Morgan fingerprint density at radius 3 is 2.93 bits per heavy atom. The van der Waals surface area contributed by atoms with Gasteiger partial charge in [0.25, 0.3) is 0 Å². The third-order valence-corrected chi connectivity index (χ3v) is 3.37. The quantitative estimate of drug-likeness (QED) is 0.833. The Morgan fingerprint density at radius 2 is 2.33 bits per heavy atom. The molecule has 3 nitrogen and oxygen atoms in total. The number of H-pyrrole nitrogens is 1. The Labute approximate surface area is 93.5 Å². The van der Waals surface area contributed by atoms with E-state index in [1.165, 1.54) is 9.75 Å². The summed E-state index contributed by atoms with van der Waals surface area (Å²) in [6.45, 7) is 5.18. The predicted octanol–water partition coefficient (Wildman–Crippen LogP) is 2.63. The van der Waals surface area contributed by atoms with Crippen molar-refractivity contribution in [1.29, 1.82) is 0 Å². The molecule has 2 heterocycles. The van der Waals surface area contributed by atoms with Crippen LogP contribution < -0.4 is 5.32 Å². The lowest BCUT2D eigenvalue weighted by molar-refractivity contribution is 0.564. The van der Waals surface area contributed by atoms with E-state index >= 15 is 0 Å². The highest BCUT2D eigenvalue weighted by Crippen LogP contribution is 2.16. The number of hydrogen-bond acceptors (Lipinski definition) is 3. The summed E-state index contributed by atoms with van der Waals surface area (Å²) in [7, 11) is 0. The van der Waals surface area contributed by atoms with E-state index in [1.54, 1.807) is 6.20 Å². The van der Waals surface area contributed by atoms with Gasteiger partial charge in [-0.2, -0.15) is 5.10 Å². The first-order valence-electron chi connectivity index (χ1n) is 5.03. The Hall–Kier alpha value is -1.13. The minimum Gasteiger partial charge on any atom is -0.304 e. The minimum absolute atomic E-state index is 0.315. The first kappa shape index (κ1) is 10.4. The molecule has 0 aliphatic carbocycles. The molecule has 0 fully saturated rings. The zero-order valence-electron chi connectivity index (χ0n) is 8.95. The van der Waals surface area contributed by atoms with Crippen molar-refractivity contribution in [3.63, 3.8) is 0 Å². The highest BCUT2D eigenvalue weighted by atomic mass is 32.1. The van der Waals surface area contributed by atoms with Gasteiger partial charge in [-0.15, -0.1) is 11.3 Å². The summed E-state index contributed by atoms with van der Waals surface area (Å²) in [5, 5.41) is 10.4. The van der Waals surface area contributed by atoms with Crippen LogP contribution in [0.2, 0.25) is 0 Å². The molecule has 2 N–H and O–H groups in total. The summed E-state index contributed by atoms with van der Waals surface area (Å²) in [6, 6.07) is 6.64. The van der Waals surface area contributed by atoms with Gasteiger partial charge in [0, 0.05) is 28.5 Å². The van der Waals surface area contributed by atoms with Crippen LogP contribution in [0.3, 0.4) is 0 Å². The molecule has 2 aromatic heterocycles. The van der Waals surface area contributed by atoms with Crippen LogP contribution >= 0.6 is 11.3 Å². The molecule has 15 heavy (non-hydrogen) atoms. The molecule has 2 aromatic rings. The summed E-state index contributed by atoms with van der Waals surface area (Å²) >= 11 is 1.84. The Morgan fingerprint density at radius 1 is 1.47 bits per heavy atom. The zero-order valence-corrected chi connectivity index (χ0v) is 9.77. The van der Waals surface area contributed by atoms with Crippen LogP contribution in [0.5, 0.6) is 0 Å². The average Bonchev–Trinajstić information content (AvgIpc) is 2.84. The standard InChI is InChI=1S/C11H15N3S/c1-8-3-4-10(15-8)7-12-9(2)11-5-6-13-14-11/h3-6,9,12H,7H2,1-2H3,(H,13,14). The van der Waals surface area contributed by atoms with Crippen molar-refractivity contribution in [1.82, 2.24) is 15.5 Å². The molecule has 4 heteroatoms. The highest BCUT2D eigenvalue weighted by Gasteiger charge is 2.06. The molecule has 1 unspecified atom stereocenters. The van der Waals surface area contributed by atoms with Crippen molar-refractivity contribution in [3.8, 4) is 0 Å². The molecule has 80 valence electrons. The highest BCUT2D eigenvalue weighted by molar-refractivity contribution is 7.11. The maximum absolute atomic E-state index is 3.94. The minimum atomic E-state index is 0.315. The molecule has 0 spiro atoms. The summed E-state index contributed by atoms with van der Waals surface area (Å²) in [4.78, 5) is 2.74. The normalized spacial score (nSPS) is 12.9. The molecule has 0 aliphatic heterocycles. The molecule has 0 saturated carbocycles.